The van der Waals surface area contributed by atoms with Crippen molar-refractivity contribution >= 4 is 39.1 Å². The SMILES string of the molecule is CC[C@H](C)NC(=O)[C@H](C)N(Cc1ccc(C)cc1)C(=O)CN(c1ccc(Cl)cc1)S(=O)(=O)c1ccc(OC)c(OC)c1. The van der Waals surface area contributed by atoms with Gasteiger partial charge in [-0.25, -0.2) is 8.42 Å². The average molecular weight is 616 g/mol. The fourth-order valence-electron chi connectivity index (χ4n) is 4.18. The molecule has 0 unspecified atom stereocenters. The molecule has 3 rings (SSSR count). The number of rotatable bonds is 13. The van der Waals surface area contributed by atoms with Gasteiger partial charge in [0.15, 0.2) is 11.5 Å². The zero-order valence-corrected chi connectivity index (χ0v) is 26.3. The number of carbonyl (C=O) groups is 2. The predicted molar refractivity (Wildman–Crippen MR) is 165 cm³/mol. The van der Waals surface area contributed by atoms with Gasteiger partial charge in [0, 0.05) is 23.7 Å². The monoisotopic (exact) mass is 615 g/mol. The first-order chi connectivity index (χ1) is 19.9. The van der Waals surface area contributed by atoms with E-state index in [4.69, 9.17) is 21.1 Å². The third-order valence-electron chi connectivity index (χ3n) is 6.98. The van der Waals surface area contributed by atoms with E-state index in [-0.39, 0.29) is 34.8 Å². The highest BCUT2D eigenvalue weighted by Crippen LogP contribution is 2.32. The van der Waals surface area contributed by atoms with Crippen molar-refractivity contribution in [1.82, 2.24) is 10.2 Å². The molecule has 1 N–H and O–H groups in total. The zero-order chi connectivity index (χ0) is 31.0. The smallest absolute Gasteiger partial charge is 0.264 e. The number of hydrogen-bond donors (Lipinski definition) is 1. The van der Waals surface area contributed by atoms with Gasteiger partial charge >= 0.3 is 0 Å². The highest BCUT2D eigenvalue weighted by Gasteiger charge is 2.33. The molecule has 0 spiro atoms. The molecule has 0 saturated heterocycles. The van der Waals surface area contributed by atoms with Gasteiger partial charge in [0.2, 0.25) is 11.8 Å². The molecule has 0 aliphatic rings. The van der Waals surface area contributed by atoms with Crippen LogP contribution >= 0.6 is 11.6 Å². The van der Waals surface area contributed by atoms with Crippen molar-refractivity contribution in [1.29, 1.82) is 0 Å². The summed E-state index contributed by atoms with van der Waals surface area (Å²) in [6.07, 6.45) is 0.721. The van der Waals surface area contributed by atoms with Crippen LogP contribution in [0, 0.1) is 6.92 Å². The molecule has 0 aliphatic carbocycles. The number of benzene rings is 3. The van der Waals surface area contributed by atoms with E-state index in [1.807, 2.05) is 45.0 Å². The number of halogens is 1. The molecule has 0 saturated carbocycles. The standard InChI is InChI=1S/C31H38ClN3O6S/c1-7-22(3)33-31(37)23(4)34(19-24-10-8-21(2)9-11-24)30(36)20-35(26-14-12-25(32)13-15-26)42(38,39)27-16-17-28(40-5)29(18-27)41-6/h8-18,22-23H,7,19-20H2,1-6H3,(H,33,37)/t22-,23-/m0/s1. The first kappa shape index (κ1) is 32.8. The number of aryl methyl sites for hydroxylation is 1. The van der Waals surface area contributed by atoms with Gasteiger partial charge in [0.25, 0.3) is 10.0 Å². The Morgan fingerprint density at radius 3 is 2.12 bits per heavy atom. The summed E-state index contributed by atoms with van der Waals surface area (Å²) in [6.45, 7) is 6.98. The number of carbonyl (C=O) groups excluding carboxylic acids is 2. The summed E-state index contributed by atoms with van der Waals surface area (Å²) in [6, 6.07) is 17.0. The van der Waals surface area contributed by atoms with Crippen LogP contribution in [-0.2, 0) is 26.2 Å². The van der Waals surface area contributed by atoms with Crippen molar-refractivity contribution in [3.05, 3.63) is 82.9 Å². The number of anilines is 1. The summed E-state index contributed by atoms with van der Waals surface area (Å²) in [5.74, 6) is -0.305. The quantitative estimate of drug-likeness (QED) is 0.284. The maximum Gasteiger partial charge on any atom is 0.264 e. The van der Waals surface area contributed by atoms with Gasteiger partial charge < -0.3 is 19.7 Å². The number of amides is 2. The largest absolute Gasteiger partial charge is 0.493 e. The molecule has 0 heterocycles. The number of sulfonamides is 1. The van der Waals surface area contributed by atoms with Crippen molar-refractivity contribution < 1.29 is 27.5 Å². The van der Waals surface area contributed by atoms with Crippen LogP contribution in [0.2, 0.25) is 5.02 Å². The molecule has 2 amide bonds. The van der Waals surface area contributed by atoms with Crippen LogP contribution in [0.3, 0.4) is 0 Å². The van der Waals surface area contributed by atoms with Gasteiger partial charge in [-0.3, -0.25) is 13.9 Å². The Hall–Kier alpha value is -3.76. The van der Waals surface area contributed by atoms with Crippen molar-refractivity contribution in [2.45, 2.75) is 57.6 Å². The van der Waals surface area contributed by atoms with Crippen molar-refractivity contribution in [2.24, 2.45) is 0 Å². The second-order valence-electron chi connectivity index (χ2n) is 10.0. The van der Waals surface area contributed by atoms with Gasteiger partial charge in [-0.15, -0.1) is 0 Å². The maximum absolute atomic E-state index is 14.1. The van der Waals surface area contributed by atoms with E-state index < -0.39 is 28.5 Å². The van der Waals surface area contributed by atoms with E-state index in [1.54, 1.807) is 19.1 Å². The Morgan fingerprint density at radius 2 is 1.55 bits per heavy atom. The molecule has 42 heavy (non-hydrogen) atoms. The third-order valence-corrected chi connectivity index (χ3v) is 9.00. The van der Waals surface area contributed by atoms with Crippen molar-refractivity contribution in [3.8, 4) is 11.5 Å². The summed E-state index contributed by atoms with van der Waals surface area (Å²) in [5, 5.41) is 3.33. The molecule has 0 aliphatic heterocycles. The zero-order valence-electron chi connectivity index (χ0n) is 24.8. The van der Waals surface area contributed by atoms with Crippen LogP contribution in [0.15, 0.2) is 71.6 Å². The maximum atomic E-state index is 14.1. The molecule has 226 valence electrons. The molecule has 0 radical (unpaired) electrons. The summed E-state index contributed by atoms with van der Waals surface area (Å²) in [7, 11) is -1.44. The fraction of sp³-hybridized carbons (Fsp3) is 0.355. The van der Waals surface area contributed by atoms with E-state index in [0.29, 0.717) is 10.8 Å². The normalized spacial score (nSPS) is 12.6. The molecule has 0 fully saturated rings. The summed E-state index contributed by atoms with van der Waals surface area (Å²) >= 11 is 6.09. The summed E-state index contributed by atoms with van der Waals surface area (Å²) in [4.78, 5) is 28.5. The van der Waals surface area contributed by atoms with E-state index in [2.05, 4.69) is 5.32 Å². The molecule has 9 nitrogen and oxygen atoms in total. The first-order valence-corrected chi connectivity index (χ1v) is 15.4. The minimum atomic E-state index is -4.29. The number of ether oxygens (including phenoxy) is 2. The fourth-order valence-corrected chi connectivity index (χ4v) is 5.73. The van der Waals surface area contributed by atoms with E-state index in [1.165, 1.54) is 49.5 Å². The molecule has 0 aromatic heterocycles. The third kappa shape index (κ3) is 7.95. The van der Waals surface area contributed by atoms with Crippen molar-refractivity contribution in [2.75, 3.05) is 25.1 Å². The van der Waals surface area contributed by atoms with Crippen molar-refractivity contribution in [3.63, 3.8) is 0 Å². The Balaban J connectivity index is 2.06. The number of nitrogens with zero attached hydrogens (tertiary/aromatic N) is 2. The van der Waals surface area contributed by atoms with Gasteiger partial charge in [-0.05, 0) is 69.2 Å². The summed E-state index contributed by atoms with van der Waals surface area (Å²) < 4.78 is 39.7. The van der Waals surface area contributed by atoms with E-state index in [0.717, 1.165) is 21.9 Å². The second kappa shape index (κ2) is 14.4. The highest BCUT2D eigenvalue weighted by atomic mass is 35.5. The van der Waals surface area contributed by atoms with Crippen LogP contribution in [0.25, 0.3) is 0 Å². The van der Waals surface area contributed by atoms with Crippen LogP contribution in [-0.4, -0.2) is 58.0 Å². The van der Waals surface area contributed by atoms with Crippen LogP contribution < -0.4 is 19.1 Å². The number of methoxy groups -OCH3 is 2. The molecular formula is C31H38ClN3O6S. The Morgan fingerprint density at radius 1 is 0.929 bits per heavy atom. The minimum absolute atomic E-state index is 0.0905. The number of nitrogens with one attached hydrogen (secondary N) is 1. The number of hydrogen-bond acceptors (Lipinski definition) is 6. The van der Waals surface area contributed by atoms with Crippen LogP contribution in [0.4, 0.5) is 5.69 Å². The van der Waals surface area contributed by atoms with Gasteiger partial charge in [-0.1, -0.05) is 48.4 Å². The molecule has 2 atom stereocenters. The minimum Gasteiger partial charge on any atom is -0.493 e. The molecule has 0 bridgehead atoms. The van der Waals surface area contributed by atoms with E-state index in [9.17, 15) is 18.0 Å². The average Bonchev–Trinajstić information content (AvgIpc) is 2.98. The molecule has 3 aromatic rings. The Kier molecular flexibility index (Phi) is 11.2. The Labute approximate surface area is 253 Å². The molecule has 3 aromatic carbocycles. The van der Waals surface area contributed by atoms with Gasteiger partial charge in [0.1, 0.15) is 12.6 Å². The molecular weight excluding hydrogens is 578 g/mol. The van der Waals surface area contributed by atoms with Crippen LogP contribution in [0.5, 0.6) is 11.5 Å². The Bertz CT molecular complexity index is 1480. The lowest BCUT2D eigenvalue weighted by Crippen LogP contribution is -2.52. The summed E-state index contributed by atoms with van der Waals surface area (Å²) in [5.41, 5.74) is 2.08. The molecule has 11 heteroatoms. The lowest BCUT2D eigenvalue weighted by Gasteiger charge is -2.32. The lowest BCUT2D eigenvalue weighted by molar-refractivity contribution is -0.139. The first-order valence-electron chi connectivity index (χ1n) is 13.6. The van der Waals surface area contributed by atoms with Gasteiger partial charge in [-0.2, -0.15) is 0 Å². The highest BCUT2D eigenvalue weighted by molar-refractivity contribution is 7.92. The lowest BCUT2D eigenvalue weighted by atomic mass is 10.1. The topological polar surface area (TPSA) is 105 Å². The predicted octanol–water partition coefficient (Wildman–Crippen LogP) is 5.19. The second-order valence-corrected chi connectivity index (χ2v) is 12.3. The van der Waals surface area contributed by atoms with Gasteiger partial charge in [0.05, 0.1) is 24.8 Å². The van der Waals surface area contributed by atoms with E-state index >= 15 is 0 Å². The van der Waals surface area contributed by atoms with Crippen LogP contribution in [0.1, 0.15) is 38.3 Å².